The fourth-order valence-electron chi connectivity index (χ4n) is 3.03. The van der Waals surface area contributed by atoms with Crippen molar-refractivity contribution in [2.45, 2.75) is 38.5 Å². The number of nitrogens with zero attached hydrogens (tertiary/aromatic N) is 2. The van der Waals surface area contributed by atoms with E-state index in [1.54, 1.807) is 13.8 Å². The second-order valence-electron chi connectivity index (χ2n) is 6.90. The van der Waals surface area contributed by atoms with E-state index in [0.29, 0.717) is 23.0 Å². The van der Waals surface area contributed by atoms with Gasteiger partial charge >= 0.3 is 11.9 Å². The Hall–Kier alpha value is -2.29. The molecule has 0 atom stereocenters. The van der Waals surface area contributed by atoms with Crippen LogP contribution in [0.4, 0.5) is 17.6 Å². The average Bonchev–Trinajstić information content (AvgIpc) is 2.51. The average molecular weight is 407 g/mol. The third kappa shape index (κ3) is 3.24. The Morgan fingerprint density at radius 3 is 2.44 bits per heavy atom. The molecule has 0 spiro atoms. The van der Waals surface area contributed by atoms with Gasteiger partial charge in [-0.1, -0.05) is 11.6 Å². The number of rotatable bonds is 1. The lowest BCUT2D eigenvalue weighted by molar-refractivity contribution is -0.144. The third-order valence-corrected chi connectivity index (χ3v) is 4.78. The van der Waals surface area contributed by atoms with Gasteiger partial charge in [0.2, 0.25) is 0 Å². The van der Waals surface area contributed by atoms with Gasteiger partial charge in [-0.2, -0.15) is 13.2 Å². The Morgan fingerprint density at radius 2 is 1.85 bits per heavy atom. The molecule has 2 heterocycles. The molecule has 10 heteroatoms. The molecule has 0 fully saturated rings. The zero-order chi connectivity index (χ0) is 20.3. The van der Waals surface area contributed by atoms with E-state index in [4.69, 9.17) is 16.3 Å². The summed E-state index contributed by atoms with van der Waals surface area (Å²) in [7, 11) is 0.853. The van der Waals surface area contributed by atoms with Gasteiger partial charge in [-0.3, -0.25) is 9.36 Å². The third-order valence-electron chi connectivity index (χ3n) is 4.45. The molecular formula is C17H15ClF4N2O3. The zero-order valence-electron chi connectivity index (χ0n) is 14.6. The molecule has 5 nitrogen and oxygen atoms in total. The van der Waals surface area contributed by atoms with Crippen LogP contribution < -0.4 is 16.0 Å². The van der Waals surface area contributed by atoms with E-state index in [1.165, 1.54) is 0 Å². The number of halogens is 5. The molecular weight excluding hydrogens is 392 g/mol. The highest BCUT2D eigenvalue weighted by molar-refractivity contribution is 6.31. The molecule has 1 aromatic heterocycles. The molecule has 2 aromatic rings. The van der Waals surface area contributed by atoms with Gasteiger partial charge in [0.15, 0.2) is 11.6 Å². The van der Waals surface area contributed by atoms with E-state index in [0.717, 1.165) is 13.1 Å². The van der Waals surface area contributed by atoms with Crippen molar-refractivity contribution >= 4 is 11.6 Å². The molecule has 3 rings (SSSR count). The van der Waals surface area contributed by atoms with Gasteiger partial charge in [0.25, 0.3) is 5.56 Å². The zero-order valence-corrected chi connectivity index (χ0v) is 15.3. The van der Waals surface area contributed by atoms with E-state index in [1.807, 2.05) is 0 Å². The normalized spacial score (nSPS) is 16.0. The molecule has 1 aliphatic heterocycles. The number of hydrogen-bond acceptors (Lipinski definition) is 3. The van der Waals surface area contributed by atoms with Crippen LogP contribution in [0, 0.1) is 5.82 Å². The van der Waals surface area contributed by atoms with E-state index in [-0.39, 0.29) is 21.4 Å². The molecule has 0 bridgehead atoms. The topological polar surface area (TPSA) is 53.2 Å². The monoisotopic (exact) mass is 406 g/mol. The number of hydrogen-bond donors (Lipinski definition) is 0. The van der Waals surface area contributed by atoms with Gasteiger partial charge in [-0.25, -0.2) is 13.8 Å². The van der Waals surface area contributed by atoms with Crippen LogP contribution in [0.15, 0.2) is 21.7 Å². The Kier molecular flexibility index (Phi) is 4.41. The molecule has 1 aliphatic rings. The molecule has 0 radical (unpaired) electrons. The SMILES string of the molecule is Cn1c(C(F)(F)F)cc(=O)n(-c2c(F)cc(Cl)c3c2OC(C)(C)CC3)c1=O. The lowest BCUT2D eigenvalue weighted by Crippen LogP contribution is -2.42. The number of alkyl halides is 3. The van der Waals surface area contributed by atoms with Crippen LogP contribution in [0.5, 0.6) is 5.75 Å². The Labute approximate surface area is 155 Å². The Balaban J connectivity index is 2.39. The highest BCUT2D eigenvalue weighted by Crippen LogP contribution is 2.42. The largest absolute Gasteiger partial charge is 0.485 e. The fraction of sp³-hybridized carbons (Fsp3) is 0.412. The maximum absolute atomic E-state index is 14.7. The summed E-state index contributed by atoms with van der Waals surface area (Å²) < 4.78 is 60.1. The van der Waals surface area contributed by atoms with E-state index >= 15 is 0 Å². The summed E-state index contributed by atoms with van der Waals surface area (Å²) in [5.74, 6) is -1.16. The van der Waals surface area contributed by atoms with Crippen LogP contribution >= 0.6 is 11.6 Å². The van der Waals surface area contributed by atoms with Gasteiger partial charge in [0.1, 0.15) is 17.0 Å². The highest BCUT2D eigenvalue weighted by atomic mass is 35.5. The molecule has 0 aliphatic carbocycles. The van der Waals surface area contributed by atoms with E-state index in [9.17, 15) is 27.2 Å². The van der Waals surface area contributed by atoms with E-state index in [2.05, 4.69) is 0 Å². The molecule has 0 unspecified atom stereocenters. The molecule has 0 N–H and O–H groups in total. The van der Waals surface area contributed by atoms with Crippen molar-refractivity contribution in [2.24, 2.45) is 7.05 Å². The standard InChI is InChI=1S/C17H15ClF4N2O3/c1-16(2)5-4-8-9(18)6-10(19)13(14(8)27-16)24-12(25)7-11(17(20,21)22)23(3)15(24)26/h6-7H,4-5H2,1-3H3. The first-order valence-corrected chi connectivity index (χ1v) is 8.32. The number of benzene rings is 1. The van der Waals surface area contributed by atoms with Crippen molar-refractivity contribution < 1.29 is 22.3 Å². The van der Waals surface area contributed by atoms with Gasteiger partial charge in [-0.15, -0.1) is 0 Å². The first-order chi connectivity index (χ1) is 12.3. The maximum Gasteiger partial charge on any atom is 0.431 e. The summed E-state index contributed by atoms with van der Waals surface area (Å²) >= 11 is 6.06. The minimum absolute atomic E-state index is 0.0542. The number of aromatic nitrogens is 2. The number of fused-ring (bicyclic) bond motifs is 1. The smallest absolute Gasteiger partial charge is 0.431 e. The van der Waals surface area contributed by atoms with Gasteiger partial charge in [0.05, 0.1) is 5.02 Å². The highest BCUT2D eigenvalue weighted by Gasteiger charge is 2.37. The van der Waals surface area contributed by atoms with Crippen LogP contribution in [-0.4, -0.2) is 14.7 Å². The first kappa shape index (κ1) is 19.5. The second kappa shape index (κ2) is 6.12. The summed E-state index contributed by atoms with van der Waals surface area (Å²) in [4.78, 5) is 24.9. The maximum atomic E-state index is 14.7. The first-order valence-electron chi connectivity index (χ1n) is 7.94. The van der Waals surface area contributed by atoms with Crippen molar-refractivity contribution in [1.82, 2.24) is 9.13 Å². The lowest BCUT2D eigenvalue weighted by Gasteiger charge is -2.34. The minimum Gasteiger partial charge on any atom is -0.485 e. The van der Waals surface area contributed by atoms with Gasteiger partial charge in [0, 0.05) is 18.7 Å². The summed E-state index contributed by atoms with van der Waals surface area (Å²) in [5, 5.41) is 0.0542. The fourth-order valence-corrected chi connectivity index (χ4v) is 3.31. The van der Waals surface area contributed by atoms with Crippen molar-refractivity contribution in [2.75, 3.05) is 0 Å². The number of ether oxygens (including phenoxy) is 1. The molecule has 0 saturated carbocycles. The minimum atomic E-state index is -4.91. The summed E-state index contributed by atoms with van der Waals surface area (Å²) in [5.41, 5.74) is -4.98. The van der Waals surface area contributed by atoms with Crippen LogP contribution in [0.25, 0.3) is 5.69 Å². The van der Waals surface area contributed by atoms with Crippen molar-refractivity contribution in [3.8, 4) is 11.4 Å². The van der Waals surface area contributed by atoms with Crippen molar-refractivity contribution in [1.29, 1.82) is 0 Å². The Morgan fingerprint density at radius 1 is 1.22 bits per heavy atom. The van der Waals surface area contributed by atoms with Crippen molar-refractivity contribution in [3.05, 3.63) is 55.1 Å². The summed E-state index contributed by atoms with van der Waals surface area (Å²) in [6.07, 6.45) is -3.97. The quantitative estimate of drug-likeness (QED) is 0.682. The molecule has 146 valence electrons. The molecule has 27 heavy (non-hydrogen) atoms. The second-order valence-corrected chi connectivity index (χ2v) is 7.31. The molecule has 0 amide bonds. The van der Waals surface area contributed by atoms with Gasteiger partial charge in [-0.05, 0) is 32.8 Å². The van der Waals surface area contributed by atoms with Crippen LogP contribution in [-0.2, 0) is 19.6 Å². The molecule has 0 saturated heterocycles. The molecule has 1 aromatic carbocycles. The summed E-state index contributed by atoms with van der Waals surface area (Å²) in [6.45, 7) is 3.46. The van der Waals surface area contributed by atoms with Gasteiger partial charge < -0.3 is 4.74 Å². The summed E-state index contributed by atoms with van der Waals surface area (Å²) in [6, 6.07) is 1.16. The lowest BCUT2D eigenvalue weighted by atomic mass is 9.93. The van der Waals surface area contributed by atoms with Crippen LogP contribution in [0.2, 0.25) is 5.02 Å². The predicted molar refractivity (Wildman–Crippen MR) is 90.3 cm³/mol. The predicted octanol–water partition coefficient (Wildman–Crippen LogP) is 3.45. The Bertz CT molecular complexity index is 1050. The van der Waals surface area contributed by atoms with Crippen molar-refractivity contribution in [3.63, 3.8) is 0 Å². The van der Waals surface area contributed by atoms with Crippen LogP contribution in [0.3, 0.4) is 0 Å². The van der Waals surface area contributed by atoms with Crippen LogP contribution in [0.1, 0.15) is 31.5 Å². The van der Waals surface area contributed by atoms with E-state index < -0.39 is 40.2 Å².